The molecule has 0 aliphatic carbocycles. The van der Waals surface area contributed by atoms with Crippen molar-refractivity contribution < 1.29 is 4.79 Å². The molecular weight excluding hydrogens is 236 g/mol. The largest absolute Gasteiger partial charge is 0.316 e. The Kier molecular flexibility index (Phi) is 3.31. The summed E-state index contributed by atoms with van der Waals surface area (Å²) in [4.78, 5) is 14.8. The van der Waals surface area contributed by atoms with E-state index in [9.17, 15) is 4.79 Å². The number of benzene rings is 1. The van der Waals surface area contributed by atoms with E-state index in [0.29, 0.717) is 17.7 Å². The topological polar surface area (TPSA) is 32.3 Å². The van der Waals surface area contributed by atoms with Crippen molar-refractivity contribution in [2.75, 3.05) is 24.5 Å². The van der Waals surface area contributed by atoms with Gasteiger partial charge in [0.25, 0.3) is 0 Å². The number of nitrogens with zero attached hydrogens (tertiary/aromatic N) is 1. The molecule has 3 nitrogen and oxygen atoms in total. The molecule has 0 saturated carbocycles. The fraction of sp³-hybridized carbons (Fsp3) is 0.562. The van der Waals surface area contributed by atoms with Crippen LogP contribution in [0, 0.1) is 17.8 Å². The van der Waals surface area contributed by atoms with Crippen LogP contribution in [-0.4, -0.2) is 25.5 Å². The van der Waals surface area contributed by atoms with Crippen LogP contribution >= 0.6 is 0 Å². The maximum Gasteiger partial charge on any atom is 0.231 e. The van der Waals surface area contributed by atoms with Gasteiger partial charge < -0.3 is 10.2 Å². The summed E-state index contributed by atoms with van der Waals surface area (Å²) in [5, 5.41) is 3.33. The summed E-state index contributed by atoms with van der Waals surface area (Å²) < 4.78 is 0. The first-order chi connectivity index (χ1) is 9.16. The number of carbonyl (C=O) groups is 1. The second-order valence-electron chi connectivity index (χ2n) is 6.13. The van der Waals surface area contributed by atoms with Gasteiger partial charge in [-0.1, -0.05) is 32.0 Å². The van der Waals surface area contributed by atoms with Crippen molar-refractivity contribution in [2.24, 2.45) is 17.8 Å². The zero-order valence-electron chi connectivity index (χ0n) is 11.7. The second-order valence-corrected chi connectivity index (χ2v) is 6.13. The Bertz CT molecular complexity index is 485. The Labute approximate surface area is 115 Å². The quantitative estimate of drug-likeness (QED) is 0.836. The first-order valence-electron chi connectivity index (χ1n) is 7.27. The molecule has 2 heterocycles. The van der Waals surface area contributed by atoms with Crippen LogP contribution in [0.5, 0.6) is 0 Å². The van der Waals surface area contributed by atoms with E-state index < -0.39 is 0 Å². The number of fused-ring (bicyclic) bond motifs is 1. The fourth-order valence-corrected chi connectivity index (χ4v) is 3.35. The molecule has 1 saturated heterocycles. The van der Waals surface area contributed by atoms with Crippen LogP contribution in [-0.2, 0) is 11.2 Å². The fourth-order valence-electron chi connectivity index (χ4n) is 3.35. The van der Waals surface area contributed by atoms with Crippen LogP contribution in [0.3, 0.4) is 0 Å². The maximum atomic E-state index is 12.8. The molecule has 1 aromatic carbocycles. The molecule has 2 aliphatic rings. The number of anilines is 1. The van der Waals surface area contributed by atoms with Gasteiger partial charge in [0.1, 0.15) is 0 Å². The van der Waals surface area contributed by atoms with Crippen molar-refractivity contribution in [2.45, 2.75) is 20.3 Å². The van der Waals surface area contributed by atoms with E-state index in [1.807, 2.05) is 11.0 Å². The van der Waals surface area contributed by atoms with E-state index >= 15 is 0 Å². The van der Waals surface area contributed by atoms with Gasteiger partial charge in [-0.3, -0.25) is 4.79 Å². The molecule has 1 aromatic rings. The minimum atomic E-state index is 0.137. The highest BCUT2D eigenvalue weighted by Gasteiger charge is 2.35. The van der Waals surface area contributed by atoms with Crippen molar-refractivity contribution in [3.05, 3.63) is 29.8 Å². The molecule has 0 radical (unpaired) electrons. The van der Waals surface area contributed by atoms with E-state index in [4.69, 9.17) is 0 Å². The Balaban J connectivity index is 1.90. The van der Waals surface area contributed by atoms with Crippen LogP contribution in [0.2, 0.25) is 0 Å². The van der Waals surface area contributed by atoms with Crippen LogP contribution in [0.15, 0.2) is 24.3 Å². The molecule has 0 aromatic heterocycles. The maximum absolute atomic E-state index is 12.8. The molecule has 0 bridgehead atoms. The van der Waals surface area contributed by atoms with E-state index in [1.165, 1.54) is 5.56 Å². The highest BCUT2D eigenvalue weighted by atomic mass is 16.2. The summed E-state index contributed by atoms with van der Waals surface area (Å²) >= 11 is 0. The number of hydrogen-bond acceptors (Lipinski definition) is 2. The van der Waals surface area contributed by atoms with Gasteiger partial charge in [-0.15, -0.1) is 0 Å². The van der Waals surface area contributed by atoms with Gasteiger partial charge in [0.15, 0.2) is 0 Å². The van der Waals surface area contributed by atoms with Crippen LogP contribution in [0.4, 0.5) is 5.69 Å². The lowest BCUT2D eigenvalue weighted by Gasteiger charge is -2.35. The normalized spacial score (nSPS) is 30.2. The Morgan fingerprint density at radius 2 is 2.05 bits per heavy atom. The third kappa shape index (κ3) is 2.27. The molecule has 1 N–H and O–H groups in total. The molecule has 3 heteroatoms. The van der Waals surface area contributed by atoms with Crippen molar-refractivity contribution in [1.82, 2.24) is 5.32 Å². The van der Waals surface area contributed by atoms with Crippen LogP contribution < -0.4 is 10.2 Å². The molecule has 1 amide bonds. The molecule has 1 unspecified atom stereocenters. The van der Waals surface area contributed by atoms with E-state index in [0.717, 1.165) is 31.7 Å². The summed E-state index contributed by atoms with van der Waals surface area (Å²) in [5.74, 6) is 1.43. The zero-order chi connectivity index (χ0) is 13.4. The summed E-state index contributed by atoms with van der Waals surface area (Å²) in [6.07, 6.45) is 1.08. The molecule has 19 heavy (non-hydrogen) atoms. The highest BCUT2D eigenvalue weighted by molar-refractivity contribution is 5.96. The summed E-state index contributed by atoms with van der Waals surface area (Å²) in [6.45, 7) is 7.04. The lowest BCUT2D eigenvalue weighted by Crippen LogP contribution is -2.44. The number of amides is 1. The SMILES string of the molecule is CC1Cc2ccccc2N(C(=O)[C@@H]2CNC[C@H]2C)C1. The number of carbonyl (C=O) groups excluding carboxylic acids is 1. The Hall–Kier alpha value is -1.35. The minimum absolute atomic E-state index is 0.137. The lowest BCUT2D eigenvalue weighted by atomic mass is 9.90. The van der Waals surface area contributed by atoms with Gasteiger partial charge >= 0.3 is 0 Å². The molecule has 3 atom stereocenters. The third-order valence-corrected chi connectivity index (χ3v) is 4.45. The molecule has 102 valence electrons. The molecule has 3 rings (SSSR count). The number of rotatable bonds is 1. The standard InChI is InChI=1S/C16H22N2O/c1-11-7-13-5-3-4-6-15(13)18(10-11)16(19)14-9-17-8-12(14)2/h3-6,11-12,14,17H,7-10H2,1-2H3/t11?,12-,14-/m1/s1. The summed E-state index contributed by atoms with van der Waals surface area (Å²) in [5.41, 5.74) is 2.44. The first kappa shape index (κ1) is 12.7. The molecule has 1 fully saturated rings. The van der Waals surface area contributed by atoms with Gasteiger partial charge in [-0.2, -0.15) is 0 Å². The number of para-hydroxylation sites is 1. The Morgan fingerprint density at radius 3 is 2.79 bits per heavy atom. The summed E-state index contributed by atoms with van der Waals surface area (Å²) in [7, 11) is 0. The van der Waals surface area contributed by atoms with Crippen LogP contribution in [0.25, 0.3) is 0 Å². The zero-order valence-corrected chi connectivity index (χ0v) is 11.7. The van der Waals surface area contributed by atoms with E-state index in [2.05, 4.69) is 37.4 Å². The minimum Gasteiger partial charge on any atom is -0.316 e. The highest BCUT2D eigenvalue weighted by Crippen LogP contribution is 2.32. The van der Waals surface area contributed by atoms with Gasteiger partial charge in [0.2, 0.25) is 5.91 Å². The number of nitrogens with one attached hydrogen (secondary N) is 1. The lowest BCUT2D eigenvalue weighted by molar-refractivity contribution is -0.123. The van der Waals surface area contributed by atoms with Crippen molar-refractivity contribution >= 4 is 11.6 Å². The van der Waals surface area contributed by atoms with Gasteiger partial charge in [-0.05, 0) is 36.4 Å². The average Bonchev–Trinajstić information content (AvgIpc) is 2.83. The third-order valence-electron chi connectivity index (χ3n) is 4.45. The van der Waals surface area contributed by atoms with Gasteiger partial charge in [0.05, 0.1) is 5.92 Å². The first-order valence-corrected chi connectivity index (χ1v) is 7.27. The average molecular weight is 258 g/mol. The summed E-state index contributed by atoms with van der Waals surface area (Å²) in [6, 6.07) is 8.35. The Morgan fingerprint density at radius 1 is 1.26 bits per heavy atom. The van der Waals surface area contributed by atoms with Crippen LogP contribution in [0.1, 0.15) is 19.4 Å². The molecule has 0 spiro atoms. The second kappa shape index (κ2) is 4.97. The van der Waals surface area contributed by atoms with E-state index in [1.54, 1.807) is 0 Å². The van der Waals surface area contributed by atoms with Gasteiger partial charge in [0, 0.05) is 18.8 Å². The van der Waals surface area contributed by atoms with Gasteiger partial charge in [-0.25, -0.2) is 0 Å². The molecular formula is C16H22N2O. The molecule has 2 aliphatic heterocycles. The smallest absolute Gasteiger partial charge is 0.231 e. The number of hydrogen-bond donors (Lipinski definition) is 1. The van der Waals surface area contributed by atoms with Crippen molar-refractivity contribution in [3.63, 3.8) is 0 Å². The predicted octanol–water partition coefficient (Wildman–Crippen LogP) is 2.07. The monoisotopic (exact) mass is 258 g/mol. The van der Waals surface area contributed by atoms with E-state index in [-0.39, 0.29) is 5.92 Å². The van der Waals surface area contributed by atoms with Crippen molar-refractivity contribution in [1.29, 1.82) is 0 Å². The van der Waals surface area contributed by atoms with Crippen molar-refractivity contribution in [3.8, 4) is 0 Å². The predicted molar refractivity (Wildman–Crippen MR) is 77.2 cm³/mol.